The van der Waals surface area contributed by atoms with Crippen molar-refractivity contribution >= 4 is 50.5 Å². The zero-order valence-corrected chi connectivity index (χ0v) is 18.6. The van der Waals surface area contributed by atoms with Crippen molar-refractivity contribution in [2.75, 3.05) is 17.8 Å². The summed E-state index contributed by atoms with van der Waals surface area (Å²) in [5, 5.41) is 0.640. The third-order valence-electron chi connectivity index (χ3n) is 4.96. The lowest BCUT2D eigenvalue weighted by Gasteiger charge is -2.33. The highest BCUT2D eigenvalue weighted by molar-refractivity contribution is 7.92. The molecule has 1 saturated heterocycles. The second kappa shape index (κ2) is 9.12. The molecule has 1 fully saturated rings. The van der Waals surface area contributed by atoms with Crippen molar-refractivity contribution in [3.05, 3.63) is 57.0 Å². The molecule has 1 N–H and O–H groups in total. The van der Waals surface area contributed by atoms with Gasteiger partial charge in [0.15, 0.2) is 0 Å². The van der Waals surface area contributed by atoms with Gasteiger partial charge in [0, 0.05) is 11.6 Å². The first kappa shape index (κ1) is 23.5. The van der Waals surface area contributed by atoms with Gasteiger partial charge in [-0.25, -0.2) is 8.42 Å². The van der Waals surface area contributed by atoms with E-state index in [0.29, 0.717) is 17.1 Å². The summed E-state index contributed by atoms with van der Waals surface area (Å²) in [5.41, 5.74) is 0.861. The zero-order valence-electron chi connectivity index (χ0n) is 15.5. The number of nitrogens with zero attached hydrogens (tertiary/aromatic N) is 1. The molecule has 0 unspecified atom stereocenters. The molecule has 1 aliphatic heterocycles. The van der Waals surface area contributed by atoms with Crippen molar-refractivity contribution in [3.8, 4) is 0 Å². The van der Waals surface area contributed by atoms with E-state index in [4.69, 9.17) is 34.8 Å². The molecule has 164 valence electrons. The molecule has 0 saturated carbocycles. The molecule has 11 heteroatoms. The summed E-state index contributed by atoms with van der Waals surface area (Å²) in [7, 11) is -3.98. The van der Waals surface area contributed by atoms with Crippen molar-refractivity contribution in [2.24, 2.45) is 5.92 Å². The second-order valence-corrected chi connectivity index (χ2v) is 10.0. The van der Waals surface area contributed by atoms with Gasteiger partial charge in [0.25, 0.3) is 10.0 Å². The van der Waals surface area contributed by atoms with Gasteiger partial charge in [-0.15, -0.1) is 0 Å². The van der Waals surface area contributed by atoms with Crippen LogP contribution in [-0.2, 0) is 16.6 Å². The van der Waals surface area contributed by atoms with Crippen LogP contribution in [0.3, 0.4) is 0 Å². The summed E-state index contributed by atoms with van der Waals surface area (Å²) < 4.78 is 66.7. The van der Waals surface area contributed by atoms with Crippen molar-refractivity contribution in [1.82, 2.24) is 4.90 Å². The summed E-state index contributed by atoms with van der Waals surface area (Å²) in [6.45, 7) is 0.832. The molecule has 3 rings (SSSR count). The number of hydrogen-bond donors (Lipinski definition) is 1. The molecule has 4 nitrogen and oxygen atoms in total. The first-order chi connectivity index (χ1) is 14.0. The first-order valence-electron chi connectivity index (χ1n) is 9.01. The minimum Gasteiger partial charge on any atom is -0.299 e. The van der Waals surface area contributed by atoms with E-state index in [9.17, 15) is 21.6 Å². The average molecular weight is 502 g/mol. The number of anilines is 1. The third-order valence-corrected chi connectivity index (χ3v) is 7.30. The third kappa shape index (κ3) is 5.73. The molecule has 0 aliphatic carbocycles. The summed E-state index contributed by atoms with van der Waals surface area (Å²) in [6.07, 6.45) is -4.16. The molecule has 0 spiro atoms. The van der Waals surface area contributed by atoms with Crippen molar-refractivity contribution in [3.63, 3.8) is 0 Å². The highest BCUT2D eigenvalue weighted by Gasteiger charge is 2.41. The van der Waals surface area contributed by atoms with Crippen LogP contribution < -0.4 is 4.72 Å². The smallest absolute Gasteiger partial charge is 0.299 e. The molecule has 2 aromatic rings. The quantitative estimate of drug-likeness (QED) is 0.529. The predicted molar refractivity (Wildman–Crippen MR) is 113 cm³/mol. The fourth-order valence-electron chi connectivity index (χ4n) is 3.29. The average Bonchev–Trinajstić information content (AvgIpc) is 2.65. The van der Waals surface area contributed by atoms with Crippen LogP contribution in [0.15, 0.2) is 41.3 Å². The maximum absolute atomic E-state index is 12.9. The van der Waals surface area contributed by atoms with Gasteiger partial charge >= 0.3 is 6.18 Å². The Morgan fingerprint density at radius 2 is 1.67 bits per heavy atom. The molecule has 0 atom stereocenters. The van der Waals surface area contributed by atoms with Crippen LogP contribution in [0.5, 0.6) is 0 Å². The lowest BCUT2D eigenvalue weighted by molar-refractivity contribution is -0.185. The van der Waals surface area contributed by atoms with Gasteiger partial charge in [0.2, 0.25) is 0 Å². The normalized spacial score (nSPS) is 16.6. The van der Waals surface area contributed by atoms with Crippen molar-refractivity contribution < 1.29 is 21.6 Å². The van der Waals surface area contributed by atoms with Gasteiger partial charge in [-0.1, -0.05) is 40.9 Å². The van der Waals surface area contributed by atoms with Crippen LogP contribution in [0, 0.1) is 5.92 Å². The Morgan fingerprint density at radius 3 is 2.27 bits per heavy atom. The van der Waals surface area contributed by atoms with E-state index in [1.54, 1.807) is 12.1 Å². The molecule has 2 aromatic carbocycles. The molecular formula is C19H18Cl3F3N2O2S. The number of rotatable bonds is 5. The fraction of sp³-hybridized carbons (Fsp3) is 0.368. The van der Waals surface area contributed by atoms with E-state index in [0.717, 1.165) is 0 Å². The number of benzene rings is 2. The Morgan fingerprint density at radius 1 is 1.00 bits per heavy atom. The van der Waals surface area contributed by atoms with Gasteiger partial charge in [0.1, 0.15) is 0 Å². The first-order valence-corrected chi connectivity index (χ1v) is 11.6. The maximum atomic E-state index is 12.9. The maximum Gasteiger partial charge on any atom is 0.391 e. The number of halogens is 6. The van der Waals surface area contributed by atoms with E-state index in [2.05, 4.69) is 4.72 Å². The Bertz CT molecular complexity index is 1020. The lowest BCUT2D eigenvalue weighted by Crippen LogP contribution is -2.38. The molecule has 1 aliphatic rings. The number of hydrogen-bond acceptors (Lipinski definition) is 3. The Kier molecular flexibility index (Phi) is 7.14. The van der Waals surface area contributed by atoms with Crippen LogP contribution in [0.4, 0.5) is 18.9 Å². The van der Waals surface area contributed by atoms with Crippen LogP contribution in [0.2, 0.25) is 15.1 Å². The summed E-state index contributed by atoms with van der Waals surface area (Å²) in [4.78, 5) is 1.79. The number of alkyl halides is 3. The van der Waals surface area contributed by atoms with Crippen LogP contribution in [0.1, 0.15) is 18.4 Å². The highest BCUT2D eigenvalue weighted by atomic mass is 35.5. The molecule has 0 radical (unpaired) electrons. The van der Waals surface area contributed by atoms with E-state index < -0.39 is 22.1 Å². The fourth-order valence-corrected chi connectivity index (χ4v) is 4.94. The lowest BCUT2D eigenvalue weighted by atomic mass is 9.96. The number of nitrogens with one attached hydrogen (secondary N) is 1. The van der Waals surface area contributed by atoms with Gasteiger partial charge in [-0.3, -0.25) is 9.62 Å². The van der Waals surface area contributed by atoms with Gasteiger partial charge in [-0.05, 0) is 61.8 Å². The van der Waals surface area contributed by atoms with Crippen LogP contribution in [0.25, 0.3) is 0 Å². The van der Waals surface area contributed by atoms with Crippen molar-refractivity contribution in [2.45, 2.75) is 30.5 Å². The standard InChI is InChI=1S/C19H18Cl3F3N2O2S/c20-14-2-1-12(11-27-7-5-13(6-8-27)19(23,24)25)18(9-14)26-30(28,29)15-3-4-16(21)17(22)10-15/h1-4,9-10,13,26H,5-8,11H2. The van der Waals surface area contributed by atoms with E-state index >= 15 is 0 Å². The van der Waals surface area contributed by atoms with Gasteiger partial charge in [-0.2, -0.15) is 13.2 Å². The predicted octanol–water partition coefficient (Wildman–Crippen LogP) is 6.22. The molecule has 0 amide bonds. The zero-order chi connectivity index (χ0) is 22.1. The number of piperidine rings is 1. The van der Waals surface area contributed by atoms with E-state index in [-0.39, 0.29) is 46.6 Å². The molecule has 30 heavy (non-hydrogen) atoms. The Balaban J connectivity index is 1.78. The topological polar surface area (TPSA) is 49.4 Å². The summed E-state index contributed by atoms with van der Waals surface area (Å²) in [5.74, 6) is -1.30. The molecule has 1 heterocycles. The van der Waals surface area contributed by atoms with Crippen LogP contribution in [-0.4, -0.2) is 32.6 Å². The summed E-state index contributed by atoms with van der Waals surface area (Å²) >= 11 is 17.8. The molecular weight excluding hydrogens is 484 g/mol. The molecule has 0 bridgehead atoms. The van der Waals surface area contributed by atoms with Gasteiger partial charge < -0.3 is 0 Å². The van der Waals surface area contributed by atoms with Crippen LogP contribution >= 0.6 is 34.8 Å². The van der Waals surface area contributed by atoms with E-state index in [1.807, 2.05) is 4.90 Å². The molecule has 0 aromatic heterocycles. The summed E-state index contributed by atoms with van der Waals surface area (Å²) in [6, 6.07) is 8.67. The number of sulfonamides is 1. The Hall–Kier alpha value is -1.19. The largest absolute Gasteiger partial charge is 0.391 e. The minimum atomic E-state index is -4.19. The SMILES string of the molecule is O=S(=O)(Nc1cc(Cl)ccc1CN1CCC(C(F)(F)F)CC1)c1ccc(Cl)c(Cl)c1. The monoisotopic (exact) mass is 500 g/mol. The van der Waals surface area contributed by atoms with Gasteiger partial charge in [0.05, 0.1) is 26.5 Å². The Labute approximate surface area is 188 Å². The van der Waals surface area contributed by atoms with Crippen molar-refractivity contribution in [1.29, 1.82) is 0 Å². The number of likely N-dealkylation sites (tertiary alicyclic amines) is 1. The van der Waals surface area contributed by atoms with E-state index in [1.165, 1.54) is 24.3 Å². The second-order valence-electron chi connectivity index (χ2n) is 7.07. The minimum absolute atomic E-state index is 0.0153. The highest BCUT2D eigenvalue weighted by Crippen LogP contribution is 2.35.